The van der Waals surface area contributed by atoms with Crippen LogP contribution >= 0.6 is 0 Å². The minimum atomic E-state index is -5.22. The van der Waals surface area contributed by atoms with E-state index in [2.05, 4.69) is 0 Å². The van der Waals surface area contributed by atoms with Gasteiger partial charge in [-0.2, -0.15) is 16.8 Å². The maximum absolute atomic E-state index is 12.2. The third-order valence-electron chi connectivity index (χ3n) is 5.82. The lowest BCUT2D eigenvalue weighted by atomic mass is 9.78. The van der Waals surface area contributed by atoms with Crippen molar-refractivity contribution in [2.24, 2.45) is 5.73 Å². The van der Waals surface area contributed by atoms with Crippen LogP contribution in [0.25, 0.3) is 0 Å². The SMILES string of the molecule is CC(CC(C(N)=O)(c1ccc(B2OC(C)(C)C(C)(C)O2)cc1)S(=O)(=O)O)S(=O)(=O)O. The van der Waals surface area contributed by atoms with Gasteiger partial charge in [-0.25, -0.2) is 0 Å². The van der Waals surface area contributed by atoms with Gasteiger partial charge >= 0.3 is 7.12 Å². The van der Waals surface area contributed by atoms with Gasteiger partial charge in [0.15, 0.2) is 0 Å². The highest BCUT2D eigenvalue weighted by atomic mass is 32.2. The fourth-order valence-electron chi connectivity index (χ4n) is 3.14. The fourth-order valence-corrected chi connectivity index (χ4v) is 4.86. The van der Waals surface area contributed by atoms with Crippen molar-refractivity contribution in [3.05, 3.63) is 29.8 Å². The van der Waals surface area contributed by atoms with Crippen LogP contribution in [-0.2, 0) is 39.1 Å². The molecule has 1 saturated heterocycles. The van der Waals surface area contributed by atoms with Crippen molar-refractivity contribution in [2.45, 2.75) is 62.2 Å². The Morgan fingerprint density at radius 3 is 1.83 bits per heavy atom. The minimum absolute atomic E-state index is 0.256. The zero-order valence-electron chi connectivity index (χ0n) is 17.3. The summed E-state index contributed by atoms with van der Waals surface area (Å²) in [7, 11) is -10.7. The first kappa shape index (κ1) is 24.8. The molecule has 0 aromatic heterocycles. The van der Waals surface area contributed by atoms with Crippen molar-refractivity contribution in [3.63, 3.8) is 0 Å². The quantitative estimate of drug-likeness (QED) is 0.378. The van der Waals surface area contributed by atoms with Crippen LogP contribution in [0.5, 0.6) is 0 Å². The topological polar surface area (TPSA) is 170 Å². The second kappa shape index (κ2) is 7.57. The van der Waals surface area contributed by atoms with E-state index in [1.54, 1.807) is 0 Å². The summed E-state index contributed by atoms with van der Waals surface area (Å²) in [5.74, 6) is -1.48. The molecule has 1 amide bonds. The lowest BCUT2D eigenvalue weighted by molar-refractivity contribution is -0.121. The molecule has 0 aliphatic carbocycles. The Morgan fingerprint density at radius 2 is 1.50 bits per heavy atom. The monoisotopic (exact) mass is 463 g/mol. The highest BCUT2D eigenvalue weighted by Crippen LogP contribution is 2.38. The third kappa shape index (κ3) is 4.27. The second-order valence-corrected chi connectivity index (χ2v) is 11.9. The number of primary amides is 1. The van der Waals surface area contributed by atoms with E-state index in [4.69, 9.17) is 15.0 Å². The van der Waals surface area contributed by atoms with E-state index in [-0.39, 0.29) is 5.56 Å². The van der Waals surface area contributed by atoms with Crippen molar-refractivity contribution in [3.8, 4) is 0 Å². The lowest BCUT2D eigenvalue weighted by Crippen LogP contribution is -2.50. The highest BCUT2D eigenvalue weighted by molar-refractivity contribution is 7.88. The van der Waals surface area contributed by atoms with Crippen LogP contribution in [0.15, 0.2) is 24.3 Å². The second-order valence-electron chi connectivity index (χ2n) is 8.41. The fraction of sp³-hybridized carbons (Fsp3) is 0.588. The highest BCUT2D eigenvalue weighted by Gasteiger charge is 2.54. The van der Waals surface area contributed by atoms with Gasteiger partial charge in [0, 0.05) is 6.42 Å². The summed E-state index contributed by atoms with van der Waals surface area (Å²) in [6.07, 6.45) is -0.976. The predicted molar refractivity (Wildman–Crippen MR) is 110 cm³/mol. The minimum Gasteiger partial charge on any atom is -0.399 e. The molecule has 1 fully saturated rings. The number of hydrogen-bond donors (Lipinski definition) is 3. The lowest BCUT2D eigenvalue weighted by Gasteiger charge is -2.32. The molecule has 2 unspecified atom stereocenters. The molecule has 0 radical (unpaired) electrons. The van der Waals surface area contributed by atoms with Gasteiger partial charge in [-0.1, -0.05) is 24.3 Å². The van der Waals surface area contributed by atoms with Crippen LogP contribution in [0.2, 0.25) is 0 Å². The first-order valence-corrected chi connectivity index (χ1v) is 12.0. The zero-order chi connectivity index (χ0) is 23.3. The number of rotatable bonds is 7. The van der Waals surface area contributed by atoms with Gasteiger partial charge in [0.2, 0.25) is 10.7 Å². The molecular formula is C17H26BNO9S2. The van der Waals surface area contributed by atoms with Crippen LogP contribution in [0, 0.1) is 0 Å². The molecule has 0 saturated carbocycles. The van der Waals surface area contributed by atoms with Crippen molar-refractivity contribution in [1.29, 1.82) is 0 Å². The van der Waals surface area contributed by atoms with Gasteiger partial charge in [-0.05, 0) is 45.6 Å². The summed E-state index contributed by atoms with van der Waals surface area (Å²) in [5, 5.41) is -1.70. The summed E-state index contributed by atoms with van der Waals surface area (Å²) in [6.45, 7) is 8.42. The summed E-state index contributed by atoms with van der Waals surface area (Å²) >= 11 is 0. The summed E-state index contributed by atoms with van der Waals surface area (Å²) in [4.78, 5) is 12.2. The molecule has 13 heteroatoms. The molecule has 2 rings (SSSR count). The smallest absolute Gasteiger partial charge is 0.399 e. The van der Waals surface area contributed by atoms with Crippen molar-refractivity contribution >= 4 is 38.7 Å². The first-order valence-electron chi connectivity index (χ1n) is 9.04. The van der Waals surface area contributed by atoms with Crippen molar-refractivity contribution in [1.82, 2.24) is 0 Å². The van der Waals surface area contributed by atoms with Crippen LogP contribution in [0.1, 0.15) is 46.6 Å². The molecule has 0 spiro atoms. The van der Waals surface area contributed by atoms with E-state index >= 15 is 0 Å². The molecular weight excluding hydrogens is 437 g/mol. The van der Waals surface area contributed by atoms with Crippen LogP contribution in [0.3, 0.4) is 0 Å². The molecule has 2 atom stereocenters. The van der Waals surface area contributed by atoms with E-state index in [0.29, 0.717) is 5.46 Å². The van der Waals surface area contributed by atoms with Crippen LogP contribution < -0.4 is 11.2 Å². The van der Waals surface area contributed by atoms with E-state index in [9.17, 15) is 30.7 Å². The van der Waals surface area contributed by atoms with Crippen LogP contribution in [-0.4, -0.2) is 55.4 Å². The Hall–Kier alpha value is -1.51. The van der Waals surface area contributed by atoms with E-state index in [1.165, 1.54) is 24.3 Å². The molecule has 168 valence electrons. The van der Waals surface area contributed by atoms with E-state index < -0.39 is 60.9 Å². The Labute approximate surface area is 176 Å². The molecule has 1 aromatic rings. The van der Waals surface area contributed by atoms with E-state index in [0.717, 1.165) is 6.92 Å². The number of hydrogen-bond acceptors (Lipinski definition) is 7. The first-order chi connectivity index (χ1) is 13.3. The maximum atomic E-state index is 12.2. The normalized spacial score (nSPS) is 21.8. The average Bonchev–Trinajstić information content (AvgIpc) is 2.78. The van der Waals surface area contributed by atoms with Gasteiger partial charge in [-0.3, -0.25) is 13.9 Å². The number of benzene rings is 1. The number of carbonyl (C=O) groups is 1. The molecule has 1 aromatic carbocycles. The number of amides is 1. The molecule has 4 N–H and O–H groups in total. The standard InChI is InChI=1S/C17H26BNO9S2/c1-11(29(21,22)23)10-17(14(19)20,30(24,25)26)12-6-8-13(9-7-12)18-27-15(2,3)16(4,5)28-18/h6-9,11H,10H2,1-5H3,(H2,19,20)(H,21,22,23)(H,24,25,26). The molecule has 10 nitrogen and oxygen atoms in total. The molecule has 1 heterocycles. The summed E-state index contributed by atoms with van der Waals surface area (Å²) < 4.78 is 75.4. The summed E-state index contributed by atoms with van der Waals surface area (Å²) in [5.41, 5.74) is 4.32. The van der Waals surface area contributed by atoms with Gasteiger partial charge in [0.05, 0.1) is 16.5 Å². The van der Waals surface area contributed by atoms with Gasteiger partial charge in [-0.15, -0.1) is 0 Å². The largest absolute Gasteiger partial charge is 0.494 e. The number of nitrogens with two attached hydrogens (primary N) is 1. The zero-order valence-corrected chi connectivity index (χ0v) is 19.0. The Bertz CT molecular complexity index is 1020. The third-order valence-corrected chi connectivity index (χ3v) is 8.49. The van der Waals surface area contributed by atoms with Crippen LogP contribution in [0.4, 0.5) is 0 Å². The summed E-state index contributed by atoms with van der Waals surface area (Å²) in [6, 6.07) is 5.29. The molecule has 0 bridgehead atoms. The molecule has 1 aliphatic rings. The molecule has 30 heavy (non-hydrogen) atoms. The Balaban J connectivity index is 2.53. The predicted octanol–water partition coefficient (Wildman–Crippen LogP) is 0.221. The number of carbonyl (C=O) groups excluding carboxylic acids is 1. The van der Waals surface area contributed by atoms with Crippen molar-refractivity contribution in [2.75, 3.05) is 0 Å². The van der Waals surface area contributed by atoms with Crippen molar-refractivity contribution < 1.29 is 40.0 Å². The Morgan fingerprint density at radius 1 is 1.07 bits per heavy atom. The Kier molecular flexibility index (Phi) is 6.25. The van der Waals surface area contributed by atoms with E-state index in [1.807, 2.05) is 27.7 Å². The van der Waals surface area contributed by atoms with Gasteiger partial charge in [0.1, 0.15) is 0 Å². The maximum Gasteiger partial charge on any atom is 0.494 e. The molecule has 1 aliphatic heterocycles. The van der Waals surface area contributed by atoms with Gasteiger partial charge < -0.3 is 15.0 Å². The average molecular weight is 463 g/mol. The van der Waals surface area contributed by atoms with Gasteiger partial charge in [0.25, 0.3) is 20.2 Å².